The second-order valence-electron chi connectivity index (χ2n) is 7.45. The van der Waals surface area contributed by atoms with Gasteiger partial charge in [0.25, 0.3) is 0 Å². The van der Waals surface area contributed by atoms with E-state index in [9.17, 15) is 4.79 Å². The highest BCUT2D eigenvalue weighted by Crippen LogP contribution is 2.33. The summed E-state index contributed by atoms with van der Waals surface area (Å²) in [5.74, 6) is 0.0806. The fourth-order valence-electron chi connectivity index (χ4n) is 4.08. The summed E-state index contributed by atoms with van der Waals surface area (Å²) in [5, 5.41) is 6.53. The van der Waals surface area contributed by atoms with Crippen LogP contribution < -0.4 is 10.6 Å². The van der Waals surface area contributed by atoms with Gasteiger partial charge in [-0.1, -0.05) is 54.6 Å². The molecule has 0 radical (unpaired) electrons. The molecule has 0 aromatic heterocycles. The number of ether oxygens (including phenoxy) is 1. The van der Waals surface area contributed by atoms with Crippen LogP contribution >= 0.6 is 0 Å². The van der Waals surface area contributed by atoms with Crippen molar-refractivity contribution in [1.82, 2.24) is 10.6 Å². The number of nitrogens with one attached hydrogen (secondary N) is 2. The maximum absolute atomic E-state index is 12.4. The molecule has 4 heteroatoms. The molecule has 2 saturated heterocycles. The molecular formula is C22H26N2O2. The zero-order valence-corrected chi connectivity index (χ0v) is 15.0. The van der Waals surface area contributed by atoms with Gasteiger partial charge in [-0.15, -0.1) is 0 Å². The zero-order chi connectivity index (χ0) is 17.8. The molecule has 0 aliphatic carbocycles. The SMILES string of the molecule is O=C(Cc1ccc(-c2ccccc2)cc1)N[C@@H]1COC2(CCNCC2)C1. The van der Waals surface area contributed by atoms with Crippen LogP contribution in [0.15, 0.2) is 54.6 Å². The Morgan fingerprint density at radius 3 is 2.46 bits per heavy atom. The van der Waals surface area contributed by atoms with Crippen LogP contribution in [0.3, 0.4) is 0 Å². The minimum atomic E-state index is -0.0134. The third kappa shape index (κ3) is 3.97. The first-order valence-electron chi connectivity index (χ1n) is 9.51. The minimum absolute atomic E-state index is 0.0134. The molecule has 1 atom stereocenters. The summed E-state index contributed by atoms with van der Waals surface area (Å²) in [7, 11) is 0. The van der Waals surface area contributed by atoms with Crippen LogP contribution in [0.4, 0.5) is 0 Å². The number of hydrogen-bond acceptors (Lipinski definition) is 3. The normalized spacial score (nSPS) is 21.6. The van der Waals surface area contributed by atoms with Crippen LogP contribution in [0.25, 0.3) is 11.1 Å². The van der Waals surface area contributed by atoms with Gasteiger partial charge in [0, 0.05) is 0 Å². The second kappa shape index (κ2) is 7.60. The van der Waals surface area contributed by atoms with Gasteiger partial charge in [-0.05, 0) is 49.0 Å². The topological polar surface area (TPSA) is 50.4 Å². The third-order valence-corrected chi connectivity index (χ3v) is 5.51. The first-order valence-corrected chi connectivity index (χ1v) is 9.51. The van der Waals surface area contributed by atoms with Crippen molar-refractivity contribution < 1.29 is 9.53 Å². The van der Waals surface area contributed by atoms with Crippen molar-refractivity contribution in [2.24, 2.45) is 0 Å². The Balaban J connectivity index is 1.31. The highest BCUT2D eigenvalue weighted by Gasteiger charge is 2.41. The summed E-state index contributed by atoms with van der Waals surface area (Å²) in [5.41, 5.74) is 3.39. The molecule has 0 unspecified atom stereocenters. The molecule has 4 nitrogen and oxygen atoms in total. The highest BCUT2D eigenvalue weighted by atomic mass is 16.5. The van der Waals surface area contributed by atoms with Crippen molar-refractivity contribution in [2.45, 2.75) is 37.3 Å². The van der Waals surface area contributed by atoms with Crippen LogP contribution in [0.5, 0.6) is 0 Å². The lowest BCUT2D eigenvalue weighted by Gasteiger charge is -2.32. The zero-order valence-electron chi connectivity index (χ0n) is 15.0. The van der Waals surface area contributed by atoms with Crippen molar-refractivity contribution in [1.29, 1.82) is 0 Å². The van der Waals surface area contributed by atoms with E-state index in [1.165, 1.54) is 11.1 Å². The summed E-state index contributed by atoms with van der Waals surface area (Å²) in [6.45, 7) is 2.65. The summed E-state index contributed by atoms with van der Waals surface area (Å²) in [4.78, 5) is 12.4. The van der Waals surface area contributed by atoms with Gasteiger partial charge in [-0.3, -0.25) is 4.79 Å². The van der Waals surface area contributed by atoms with Crippen LogP contribution in [-0.4, -0.2) is 37.2 Å². The summed E-state index contributed by atoms with van der Waals surface area (Å²) >= 11 is 0. The molecule has 1 spiro atoms. The van der Waals surface area contributed by atoms with Gasteiger partial charge >= 0.3 is 0 Å². The fraction of sp³-hybridized carbons (Fsp3) is 0.409. The molecule has 2 aliphatic rings. The van der Waals surface area contributed by atoms with E-state index in [1.807, 2.05) is 30.3 Å². The van der Waals surface area contributed by atoms with Crippen molar-refractivity contribution >= 4 is 5.91 Å². The Hall–Kier alpha value is -2.17. The third-order valence-electron chi connectivity index (χ3n) is 5.51. The van der Waals surface area contributed by atoms with Gasteiger partial charge in [0.1, 0.15) is 0 Å². The van der Waals surface area contributed by atoms with E-state index in [2.05, 4.69) is 34.9 Å². The lowest BCUT2D eigenvalue weighted by molar-refractivity contribution is -0.121. The first-order chi connectivity index (χ1) is 12.7. The largest absolute Gasteiger partial charge is 0.373 e. The van der Waals surface area contributed by atoms with E-state index >= 15 is 0 Å². The second-order valence-corrected chi connectivity index (χ2v) is 7.45. The van der Waals surface area contributed by atoms with E-state index in [-0.39, 0.29) is 17.6 Å². The Bertz CT molecular complexity index is 736. The van der Waals surface area contributed by atoms with Gasteiger partial charge in [-0.25, -0.2) is 0 Å². The molecule has 2 aromatic rings. The molecule has 2 heterocycles. The molecule has 2 aromatic carbocycles. The van der Waals surface area contributed by atoms with Crippen molar-refractivity contribution in [3.8, 4) is 11.1 Å². The van der Waals surface area contributed by atoms with Gasteiger partial charge in [0.05, 0.1) is 24.7 Å². The lowest BCUT2D eigenvalue weighted by Crippen LogP contribution is -2.43. The molecule has 4 rings (SSSR count). The Morgan fingerprint density at radius 2 is 1.73 bits per heavy atom. The van der Waals surface area contributed by atoms with Gasteiger partial charge in [0.2, 0.25) is 5.91 Å². The summed E-state index contributed by atoms with van der Waals surface area (Å²) in [6.07, 6.45) is 3.44. The van der Waals surface area contributed by atoms with Crippen LogP contribution in [-0.2, 0) is 16.0 Å². The van der Waals surface area contributed by atoms with Crippen LogP contribution in [0, 0.1) is 0 Å². The molecule has 0 saturated carbocycles. The fourth-order valence-corrected chi connectivity index (χ4v) is 4.08. The quantitative estimate of drug-likeness (QED) is 0.891. The smallest absolute Gasteiger partial charge is 0.224 e. The number of amides is 1. The molecule has 26 heavy (non-hydrogen) atoms. The molecule has 0 bridgehead atoms. The number of carbonyl (C=O) groups excluding carboxylic acids is 1. The summed E-state index contributed by atoms with van der Waals surface area (Å²) < 4.78 is 6.06. The molecule has 136 valence electrons. The maximum Gasteiger partial charge on any atom is 0.224 e. The monoisotopic (exact) mass is 350 g/mol. The van der Waals surface area contributed by atoms with Gasteiger partial charge in [-0.2, -0.15) is 0 Å². The van der Waals surface area contributed by atoms with Crippen LogP contribution in [0.2, 0.25) is 0 Å². The van der Waals surface area contributed by atoms with Crippen LogP contribution in [0.1, 0.15) is 24.8 Å². The van der Waals surface area contributed by atoms with Gasteiger partial charge < -0.3 is 15.4 Å². The molecule has 2 fully saturated rings. The number of hydrogen-bond donors (Lipinski definition) is 2. The van der Waals surface area contributed by atoms with Crippen molar-refractivity contribution in [3.05, 3.63) is 60.2 Å². The summed E-state index contributed by atoms with van der Waals surface area (Å²) in [6, 6.07) is 18.7. The maximum atomic E-state index is 12.4. The van der Waals surface area contributed by atoms with Gasteiger partial charge in [0.15, 0.2) is 0 Å². The minimum Gasteiger partial charge on any atom is -0.373 e. The standard InChI is InChI=1S/C22H26N2O2/c25-21(24-20-15-22(26-16-20)10-12-23-13-11-22)14-17-6-8-19(9-7-17)18-4-2-1-3-5-18/h1-9,20,23H,10-16H2,(H,24,25)/t20-/m0/s1. The average Bonchev–Trinajstić information content (AvgIpc) is 3.05. The number of rotatable bonds is 4. The first kappa shape index (κ1) is 17.3. The van der Waals surface area contributed by atoms with E-state index in [4.69, 9.17) is 4.74 Å². The highest BCUT2D eigenvalue weighted by molar-refractivity contribution is 5.79. The van der Waals surface area contributed by atoms with Crippen molar-refractivity contribution in [2.75, 3.05) is 19.7 Å². The van der Waals surface area contributed by atoms with E-state index in [1.54, 1.807) is 0 Å². The van der Waals surface area contributed by atoms with E-state index in [0.29, 0.717) is 13.0 Å². The lowest BCUT2D eigenvalue weighted by atomic mass is 9.88. The Kier molecular flexibility index (Phi) is 5.05. The van der Waals surface area contributed by atoms with Crippen molar-refractivity contribution in [3.63, 3.8) is 0 Å². The molecule has 2 N–H and O–H groups in total. The molecule has 2 aliphatic heterocycles. The Labute approximate surface area is 155 Å². The number of carbonyl (C=O) groups is 1. The predicted molar refractivity (Wildman–Crippen MR) is 103 cm³/mol. The Morgan fingerprint density at radius 1 is 1.04 bits per heavy atom. The van der Waals surface area contributed by atoms with E-state index in [0.717, 1.165) is 37.9 Å². The molecular weight excluding hydrogens is 324 g/mol. The number of benzene rings is 2. The number of piperidine rings is 1. The average molecular weight is 350 g/mol. The predicted octanol–water partition coefficient (Wildman–Crippen LogP) is 2.92. The molecule has 1 amide bonds. The van der Waals surface area contributed by atoms with E-state index < -0.39 is 0 Å².